The maximum Gasteiger partial charge on any atom is 0.269 e. The number of hydrogen-bond donors (Lipinski definition) is 0. The molecule has 0 bridgehead atoms. The smallest absolute Gasteiger partial charge is 0.269 e. The third kappa shape index (κ3) is 3.33. The fraction of sp³-hybridized carbons (Fsp3) is 0.0714. The minimum absolute atomic E-state index is 0.0161. The van der Waals surface area contributed by atoms with Crippen molar-refractivity contribution < 1.29 is 9.66 Å². The average molecular weight is 333 g/mol. The molecular formula is C14H9BrN2O3. The Kier molecular flexibility index (Phi) is 4.33. The number of nitro groups is 1. The van der Waals surface area contributed by atoms with Crippen molar-refractivity contribution in [3.05, 3.63) is 68.2 Å². The van der Waals surface area contributed by atoms with Gasteiger partial charge in [0, 0.05) is 16.6 Å². The van der Waals surface area contributed by atoms with Gasteiger partial charge in [0.05, 0.1) is 10.5 Å². The molecule has 0 aromatic heterocycles. The molecule has 0 radical (unpaired) electrons. The summed E-state index contributed by atoms with van der Waals surface area (Å²) in [5.41, 5.74) is 1.10. The van der Waals surface area contributed by atoms with Crippen molar-refractivity contribution in [1.29, 1.82) is 5.26 Å². The van der Waals surface area contributed by atoms with Crippen LogP contribution in [0.5, 0.6) is 5.75 Å². The van der Waals surface area contributed by atoms with Crippen molar-refractivity contribution in [2.75, 3.05) is 0 Å². The first-order valence-electron chi connectivity index (χ1n) is 5.66. The zero-order valence-electron chi connectivity index (χ0n) is 10.2. The molecule has 0 unspecified atom stereocenters. The molecule has 0 spiro atoms. The second-order valence-electron chi connectivity index (χ2n) is 3.97. The van der Waals surface area contributed by atoms with Crippen molar-refractivity contribution in [3.8, 4) is 11.8 Å². The van der Waals surface area contributed by atoms with E-state index in [1.54, 1.807) is 30.3 Å². The van der Waals surface area contributed by atoms with Crippen LogP contribution in [0.15, 0.2) is 46.9 Å². The molecule has 0 heterocycles. The molecule has 0 aliphatic rings. The van der Waals surface area contributed by atoms with Gasteiger partial charge in [-0.05, 0) is 23.8 Å². The molecule has 0 aliphatic heterocycles. The molecule has 0 saturated carbocycles. The summed E-state index contributed by atoms with van der Waals surface area (Å²) in [5, 5.41) is 19.7. The molecule has 2 aromatic rings. The summed E-state index contributed by atoms with van der Waals surface area (Å²) in [5.74, 6) is 0.446. The van der Waals surface area contributed by atoms with Crippen LogP contribution in [0.4, 0.5) is 5.69 Å². The van der Waals surface area contributed by atoms with Crippen molar-refractivity contribution in [1.82, 2.24) is 0 Å². The van der Waals surface area contributed by atoms with Crippen LogP contribution in [-0.4, -0.2) is 4.92 Å². The highest BCUT2D eigenvalue weighted by molar-refractivity contribution is 9.10. The lowest BCUT2D eigenvalue weighted by Crippen LogP contribution is -1.98. The van der Waals surface area contributed by atoms with E-state index in [4.69, 9.17) is 10.00 Å². The molecule has 0 saturated heterocycles. The summed E-state index contributed by atoms with van der Waals surface area (Å²) in [6.07, 6.45) is 0. The number of non-ortho nitro benzene ring substituents is 1. The number of hydrogen-bond acceptors (Lipinski definition) is 4. The molecule has 0 atom stereocenters. The zero-order chi connectivity index (χ0) is 14.5. The van der Waals surface area contributed by atoms with Gasteiger partial charge in [-0.1, -0.05) is 28.1 Å². The Morgan fingerprint density at radius 1 is 1.30 bits per heavy atom. The second kappa shape index (κ2) is 6.17. The van der Waals surface area contributed by atoms with Gasteiger partial charge in [0.2, 0.25) is 0 Å². The number of rotatable bonds is 4. The van der Waals surface area contributed by atoms with Crippen molar-refractivity contribution in [2.45, 2.75) is 6.61 Å². The zero-order valence-corrected chi connectivity index (χ0v) is 11.8. The highest BCUT2D eigenvalue weighted by Gasteiger charge is 2.08. The molecule has 100 valence electrons. The lowest BCUT2D eigenvalue weighted by molar-refractivity contribution is -0.384. The maximum atomic E-state index is 10.7. The van der Waals surface area contributed by atoms with Crippen LogP contribution in [0.2, 0.25) is 0 Å². The van der Waals surface area contributed by atoms with Gasteiger partial charge in [-0.25, -0.2) is 0 Å². The highest BCUT2D eigenvalue weighted by atomic mass is 79.9. The molecule has 0 aliphatic carbocycles. The maximum absolute atomic E-state index is 10.7. The summed E-state index contributed by atoms with van der Waals surface area (Å²) in [7, 11) is 0. The van der Waals surface area contributed by atoms with E-state index in [0.29, 0.717) is 16.9 Å². The molecule has 20 heavy (non-hydrogen) atoms. The van der Waals surface area contributed by atoms with Crippen LogP contribution in [0.25, 0.3) is 0 Å². The number of benzene rings is 2. The number of halogens is 1. The third-order valence-corrected chi connectivity index (χ3v) is 3.07. The van der Waals surface area contributed by atoms with E-state index in [-0.39, 0.29) is 12.3 Å². The predicted molar refractivity (Wildman–Crippen MR) is 76.3 cm³/mol. The van der Waals surface area contributed by atoms with Gasteiger partial charge in [-0.2, -0.15) is 5.26 Å². The van der Waals surface area contributed by atoms with Gasteiger partial charge in [-0.3, -0.25) is 10.1 Å². The summed E-state index contributed by atoms with van der Waals surface area (Å²) >= 11 is 3.28. The molecule has 0 fully saturated rings. The fourth-order valence-corrected chi connectivity index (χ4v) is 2.00. The Bertz CT molecular complexity index is 695. The number of ether oxygens (including phenoxy) is 1. The topological polar surface area (TPSA) is 76.2 Å². The summed E-state index contributed by atoms with van der Waals surface area (Å²) < 4.78 is 6.33. The SMILES string of the molecule is N#Cc1cc(Br)ccc1OCc1cccc([N+](=O)[O-])c1. The predicted octanol–water partition coefficient (Wildman–Crippen LogP) is 3.81. The van der Waals surface area contributed by atoms with Gasteiger partial charge in [0.1, 0.15) is 18.4 Å². The van der Waals surface area contributed by atoms with E-state index in [1.807, 2.05) is 6.07 Å². The lowest BCUT2D eigenvalue weighted by Gasteiger charge is -2.08. The molecule has 0 N–H and O–H groups in total. The minimum atomic E-state index is -0.455. The fourth-order valence-electron chi connectivity index (χ4n) is 1.64. The Morgan fingerprint density at radius 3 is 2.80 bits per heavy atom. The number of nitriles is 1. The van der Waals surface area contributed by atoms with Crippen LogP contribution in [0.1, 0.15) is 11.1 Å². The first kappa shape index (κ1) is 14.0. The van der Waals surface area contributed by atoms with E-state index in [0.717, 1.165) is 4.47 Å². The molecule has 6 heteroatoms. The highest BCUT2D eigenvalue weighted by Crippen LogP contribution is 2.23. The molecule has 2 rings (SSSR count). The Balaban J connectivity index is 2.15. The largest absolute Gasteiger partial charge is 0.488 e. The lowest BCUT2D eigenvalue weighted by atomic mass is 10.2. The van der Waals surface area contributed by atoms with Gasteiger partial charge in [-0.15, -0.1) is 0 Å². The normalized spacial score (nSPS) is 9.80. The standard InChI is InChI=1S/C14H9BrN2O3/c15-12-4-5-14(11(7-12)8-16)20-9-10-2-1-3-13(6-10)17(18)19/h1-7H,9H2. The average Bonchev–Trinajstić information content (AvgIpc) is 2.46. The van der Waals surface area contributed by atoms with Crippen molar-refractivity contribution >= 4 is 21.6 Å². The first-order valence-corrected chi connectivity index (χ1v) is 6.45. The minimum Gasteiger partial charge on any atom is -0.488 e. The molecule has 0 amide bonds. The molecular weight excluding hydrogens is 324 g/mol. The van der Waals surface area contributed by atoms with Gasteiger partial charge < -0.3 is 4.74 Å². The number of nitro benzene ring substituents is 1. The summed E-state index contributed by atoms with van der Waals surface area (Å²) in [6, 6.07) is 13.3. The Labute approximate surface area is 123 Å². The van der Waals surface area contributed by atoms with Gasteiger partial charge in [0.15, 0.2) is 0 Å². The Morgan fingerprint density at radius 2 is 2.10 bits per heavy atom. The molecule has 2 aromatic carbocycles. The van der Waals surface area contributed by atoms with E-state index >= 15 is 0 Å². The van der Waals surface area contributed by atoms with E-state index in [1.165, 1.54) is 12.1 Å². The first-order chi connectivity index (χ1) is 9.60. The Hall–Kier alpha value is -2.39. The van der Waals surface area contributed by atoms with Gasteiger partial charge in [0.25, 0.3) is 5.69 Å². The van der Waals surface area contributed by atoms with E-state index < -0.39 is 4.92 Å². The summed E-state index contributed by atoms with van der Waals surface area (Å²) in [4.78, 5) is 10.2. The van der Waals surface area contributed by atoms with Crippen LogP contribution in [-0.2, 0) is 6.61 Å². The molecule has 5 nitrogen and oxygen atoms in total. The van der Waals surface area contributed by atoms with Gasteiger partial charge >= 0.3 is 0 Å². The van der Waals surface area contributed by atoms with E-state index in [9.17, 15) is 10.1 Å². The van der Waals surface area contributed by atoms with E-state index in [2.05, 4.69) is 15.9 Å². The number of nitrogens with zero attached hydrogens (tertiary/aromatic N) is 2. The quantitative estimate of drug-likeness (QED) is 0.630. The van der Waals surface area contributed by atoms with Crippen molar-refractivity contribution in [2.24, 2.45) is 0 Å². The summed E-state index contributed by atoms with van der Waals surface area (Å²) in [6.45, 7) is 0.165. The van der Waals surface area contributed by atoms with Crippen LogP contribution in [0.3, 0.4) is 0 Å². The van der Waals surface area contributed by atoms with Crippen molar-refractivity contribution in [3.63, 3.8) is 0 Å². The van der Waals surface area contributed by atoms with Crippen LogP contribution in [0, 0.1) is 21.4 Å². The second-order valence-corrected chi connectivity index (χ2v) is 4.88. The van der Waals surface area contributed by atoms with Crippen LogP contribution < -0.4 is 4.74 Å². The third-order valence-electron chi connectivity index (χ3n) is 2.58. The van der Waals surface area contributed by atoms with Crippen LogP contribution >= 0.6 is 15.9 Å². The monoisotopic (exact) mass is 332 g/mol.